The van der Waals surface area contributed by atoms with Crippen molar-refractivity contribution >= 4 is 27.5 Å². The molecule has 0 saturated carbocycles. The van der Waals surface area contributed by atoms with Crippen molar-refractivity contribution in [2.75, 3.05) is 17.5 Å². The molecule has 0 radical (unpaired) electrons. The molecule has 3 aromatic carbocycles. The fourth-order valence-corrected chi connectivity index (χ4v) is 4.71. The van der Waals surface area contributed by atoms with E-state index >= 15 is 0 Å². The van der Waals surface area contributed by atoms with Crippen molar-refractivity contribution in [1.29, 1.82) is 0 Å². The van der Waals surface area contributed by atoms with Crippen molar-refractivity contribution in [3.8, 4) is 0 Å². The molecule has 0 aliphatic carbocycles. The number of anilines is 1. The number of hydrogen-bond donors (Lipinski definition) is 0. The molecule has 0 bridgehead atoms. The van der Waals surface area contributed by atoms with Gasteiger partial charge in [0.05, 0.1) is 22.8 Å². The number of nitrogens with zero attached hydrogens (tertiary/aromatic N) is 1. The summed E-state index contributed by atoms with van der Waals surface area (Å²) >= 11 is 0. The Morgan fingerprint density at radius 1 is 0.879 bits per heavy atom. The molecule has 0 atom stereocenters. The number of esters is 1. The van der Waals surface area contributed by atoms with Crippen molar-refractivity contribution in [3.63, 3.8) is 0 Å². The summed E-state index contributed by atoms with van der Waals surface area (Å²) in [4.78, 5) is 24.4. The van der Waals surface area contributed by atoms with Gasteiger partial charge in [-0.2, -0.15) is 0 Å². The normalized spacial score (nSPS) is 11.1. The minimum atomic E-state index is -3.79. The number of para-hydroxylation sites is 1. The Morgan fingerprint density at radius 3 is 2.09 bits per heavy atom. The maximum absolute atomic E-state index is 13.0. The number of ketones is 1. The second kappa shape index (κ2) is 10.9. The molecule has 3 aromatic rings. The lowest BCUT2D eigenvalue weighted by Gasteiger charge is -2.22. The topological polar surface area (TPSA) is 80.8 Å². The van der Waals surface area contributed by atoms with Gasteiger partial charge in [-0.15, -0.1) is 0 Å². The molecule has 33 heavy (non-hydrogen) atoms. The molecule has 0 unspecified atom stereocenters. The zero-order valence-corrected chi connectivity index (χ0v) is 18.9. The first-order valence-electron chi connectivity index (χ1n) is 10.5. The Morgan fingerprint density at radius 2 is 1.48 bits per heavy atom. The van der Waals surface area contributed by atoms with Gasteiger partial charge in [0.2, 0.25) is 0 Å². The van der Waals surface area contributed by atoms with E-state index in [9.17, 15) is 22.4 Å². The molecule has 0 aliphatic rings. The van der Waals surface area contributed by atoms with E-state index in [0.29, 0.717) is 17.7 Å². The number of sulfonamides is 1. The zero-order chi connectivity index (χ0) is 23.8. The second-order valence-electron chi connectivity index (χ2n) is 7.20. The van der Waals surface area contributed by atoms with Crippen LogP contribution < -0.4 is 4.31 Å². The molecular weight excluding hydrogens is 445 g/mol. The number of ether oxygens (including phenoxy) is 1. The lowest BCUT2D eigenvalue weighted by molar-refractivity contribution is 0.0494. The van der Waals surface area contributed by atoms with Crippen LogP contribution in [0.15, 0.2) is 83.8 Å². The van der Waals surface area contributed by atoms with Crippen LogP contribution in [0.4, 0.5) is 10.1 Å². The van der Waals surface area contributed by atoms with Crippen LogP contribution in [-0.4, -0.2) is 33.3 Å². The lowest BCUT2D eigenvalue weighted by Crippen LogP contribution is -2.30. The van der Waals surface area contributed by atoms with Crippen molar-refractivity contribution in [2.45, 2.75) is 24.7 Å². The van der Waals surface area contributed by atoms with Gasteiger partial charge >= 0.3 is 5.97 Å². The van der Waals surface area contributed by atoms with Gasteiger partial charge in [0.15, 0.2) is 5.78 Å². The van der Waals surface area contributed by atoms with E-state index in [-0.39, 0.29) is 35.8 Å². The fourth-order valence-electron chi connectivity index (χ4n) is 3.24. The molecular formula is C25H24FNO5S. The molecule has 0 heterocycles. The third-order valence-corrected chi connectivity index (χ3v) is 6.87. The summed E-state index contributed by atoms with van der Waals surface area (Å²) in [5.41, 5.74) is 1.16. The number of Topliss-reactive ketones (excluding diaryl/α,β-unsaturated/α-hetero) is 1. The highest BCUT2D eigenvalue weighted by atomic mass is 32.2. The summed E-state index contributed by atoms with van der Waals surface area (Å²) in [6.07, 6.45) is 0.472. The van der Waals surface area contributed by atoms with Gasteiger partial charge in [-0.25, -0.2) is 17.6 Å². The van der Waals surface area contributed by atoms with Gasteiger partial charge in [-0.05, 0) is 74.0 Å². The highest BCUT2D eigenvalue weighted by molar-refractivity contribution is 7.92. The molecule has 6 nitrogen and oxygen atoms in total. The standard InChI is InChI=1S/C25H24FNO5S/c1-2-27(22-7-4-3-5-8-22)33(30,31)23-16-12-20(13-17-23)25(29)32-18-6-9-24(28)19-10-14-21(26)15-11-19/h3-5,7-8,10-17H,2,6,9,18H2,1H3. The third-order valence-electron chi connectivity index (χ3n) is 4.96. The zero-order valence-electron chi connectivity index (χ0n) is 18.1. The highest BCUT2D eigenvalue weighted by Gasteiger charge is 2.23. The molecule has 0 amide bonds. The Kier molecular flexibility index (Phi) is 7.95. The molecule has 0 aliphatic heterocycles. The molecule has 0 spiro atoms. The van der Waals surface area contributed by atoms with E-state index < -0.39 is 21.8 Å². The summed E-state index contributed by atoms with van der Waals surface area (Å²) in [6, 6.07) is 19.6. The van der Waals surface area contributed by atoms with Gasteiger partial charge in [0, 0.05) is 18.5 Å². The molecule has 0 aromatic heterocycles. The van der Waals surface area contributed by atoms with Crippen LogP contribution >= 0.6 is 0 Å². The van der Waals surface area contributed by atoms with Crippen LogP contribution in [0, 0.1) is 5.82 Å². The summed E-state index contributed by atoms with van der Waals surface area (Å²) in [7, 11) is -3.79. The maximum atomic E-state index is 13.0. The minimum absolute atomic E-state index is 0.0312. The maximum Gasteiger partial charge on any atom is 0.338 e. The number of rotatable bonds is 10. The number of hydrogen-bond acceptors (Lipinski definition) is 5. The van der Waals surface area contributed by atoms with Gasteiger partial charge in [0.1, 0.15) is 5.82 Å². The Balaban J connectivity index is 1.56. The first kappa shape index (κ1) is 24.1. The van der Waals surface area contributed by atoms with E-state index in [1.165, 1.54) is 52.8 Å². The van der Waals surface area contributed by atoms with Crippen LogP contribution in [-0.2, 0) is 14.8 Å². The smallest absolute Gasteiger partial charge is 0.338 e. The van der Waals surface area contributed by atoms with Crippen molar-refractivity contribution < 1.29 is 27.1 Å². The minimum Gasteiger partial charge on any atom is -0.462 e. The monoisotopic (exact) mass is 469 g/mol. The average molecular weight is 470 g/mol. The summed E-state index contributed by atoms with van der Waals surface area (Å²) < 4.78 is 45.4. The molecule has 0 saturated heterocycles. The van der Waals surface area contributed by atoms with E-state index in [1.807, 2.05) is 6.07 Å². The molecule has 0 fully saturated rings. The second-order valence-corrected chi connectivity index (χ2v) is 9.06. The quantitative estimate of drug-likeness (QED) is 0.241. The van der Waals surface area contributed by atoms with E-state index in [2.05, 4.69) is 0 Å². The van der Waals surface area contributed by atoms with Crippen LogP contribution in [0.3, 0.4) is 0 Å². The largest absolute Gasteiger partial charge is 0.462 e. The van der Waals surface area contributed by atoms with Gasteiger partial charge in [-0.3, -0.25) is 9.10 Å². The Bertz CT molecular complexity index is 1190. The van der Waals surface area contributed by atoms with Gasteiger partial charge in [-0.1, -0.05) is 18.2 Å². The Hall–Kier alpha value is -3.52. The van der Waals surface area contributed by atoms with Crippen LogP contribution in [0.2, 0.25) is 0 Å². The lowest BCUT2D eigenvalue weighted by atomic mass is 10.1. The van der Waals surface area contributed by atoms with Crippen molar-refractivity contribution in [1.82, 2.24) is 0 Å². The first-order chi connectivity index (χ1) is 15.8. The predicted octanol–water partition coefficient (Wildman–Crippen LogP) is 4.86. The van der Waals surface area contributed by atoms with Crippen LogP contribution in [0.25, 0.3) is 0 Å². The van der Waals surface area contributed by atoms with Crippen LogP contribution in [0.5, 0.6) is 0 Å². The SMILES string of the molecule is CCN(c1ccccc1)S(=O)(=O)c1ccc(C(=O)OCCCC(=O)c2ccc(F)cc2)cc1. The number of carbonyl (C=O) groups is 2. The highest BCUT2D eigenvalue weighted by Crippen LogP contribution is 2.23. The van der Waals surface area contributed by atoms with Gasteiger partial charge in [0.25, 0.3) is 10.0 Å². The van der Waals surface area contributed by atoms with E-state index in [4.69, 9.17) is 4.74 Å². The molecule has 172 valence electrons. The number of benzene rings is 3. The Labute approximate surface area is 192 Å². The summed E-state index contributed by atoms with van der Waals surface area (Å²) in [5.74, 6) is -1.19. The van der Waals surface area contributed by atoms with Crippen molar-refractivity contribution in [2.24, 2.45) is 0 Å². The van der Waals surface area contributed by atoms with Gasteiger partial charge < -0.3 is 4.74 Å². The fraction of sp³-hybridized carbons (Fsp3) is 0.200. The van der Waals surface area contributed by atoms with E-state index in [0.717, 1.165) is 0 Å². The summed E-state index contributed by atoms with van der Waals surface area (Å²) in [5, 5.41) is 0. The number of carbonyl (C=O) groups excluding carboxylic acids is 2. The number of halogens is 1. The molecule has 3 rings (SSSR count). The molecule has 8 heteroatoms. The molecule has 0 N–H and O–H groups in total. The summed E-state index contributed by atoms with van der Waals surface area (Å²) in [6.45, 7) is 2.04. The van der Waals surface area contributed by atoms with Crippen LogP contribution in [0.1, 0.15) is 40.5 Å². The third kappa shape index (κ3) is 6.04. The predicted molar refractivity (Wildman–Crippen MR) is 123 cm³/mol. The van der Waals surface area contributed by atoms with Crippen molar-refractivity contribution in [3.05, 3.63) is 95.8 Å². The van der Waals surface area contributed by atoms with E-state index in [1.54, 1.807) is 31.2 Å². The first-order valence-corrected chi connectivity index (χ1v) is 11.9. The average Bonchev–Trinajstić information content (AvgIpc) is 2.83.